The van der Waals surface area contributed by atoms with Gasteiger partial charge in [0, 0.05) is 23.1 Å². The first-order valence-corrected chi connectivity index (χ1v) is 15.3. The van der Waals surface area contributed by atoms with E-state index in [0.717, 1.165) is 28.3 Å². The van der Waals surface area contributed by atoms with Crippen LogP contribution in [0.5, 0.6) is 0 Å². The zero-order chi connectivity index (χ0) is 29.4. The monoisotopic (exact) mass is 603 g/mol. The van der Waals surface area contributed by atoms with Crippen LogP contribution in [0.15, 0.2) is 71.6 Å². The molecule has 0 bridgehead atoms. The molecule has 0 fully saturated rings. The molecule has 2 amide bonds. The topological polar surface area (TPSA) is 86.8 Å². The van der Waals surface area contributed by atoms with Gasteiger partial charge in [0.05, 0.1) is 10.6 Å². The van der Waals surface area contributed by atoms with Gasteiger partial charge in [0.25, 0.3) is 10.0 Å². The average Bonchev–Trinajstić information content (AvgIpc) is 2.91. The molecule has 7 nitrogen and oxygen atoms in total. The van der Waals surface area contributed by atoms with Crippen molar-refractivity contribution < 1.29 is 18.0 Å². The van der Waals surface area contributed by atoms with Crippen molar-refractivity contribution in [1.29, 1.82) is 0 Å². The lowest BCUT2D eigenvalue weighted by Crippen LogP contribution is -2.51. The Morgan fingerprint density at radius 1 is 0.925 bits per heavy atom. The van der Waals surface area contributed by atoms with Crippen LogP contribution >= 0.6 is 23.2 Å². The highest BCUT2D eigenvalue weighted by Crippen LogP contribution is 2.27. The van der Waals surface area contributed by atoms with Gasteiger partial charge in [-0.05, 0) is 92.4 Å². The number of carbonyl (C=O) groups excluding carboxylic acids is 2. The van der Waals surface area contributed by atoms with Gasteiger partial charge < -0.3 is 10.2 Å². The number of nitrogens with one attached hydrogen (secondary N) is 1. The van der Waals surface area contributed by atoms with E-state index in [1.807, 2.05) is 26.8 Å². The fourth-order valence-corrected chi connectivity index (χ4v) is 5.84. The van der Waals surface area contributed by atoms with Crippen molar-refractivity contribution >= 4 is 50.7 Å². The Labute approximate surface area is 247 Å². The minimum absolute atomic E-state index is 0.00493. The minimum atomic E-state index is -4.17. The molecule has 0 aliphatic heterocycles. The number of halogens is 2. The molecule has 0 saturated carbocycles. The lowest BCUT2D eigenvalue weighted by Gasteiger charge is -2.32. The average molecular weight is 605 g/mol. The van der Waals surface area contributed by atoms with E-state index in [0.29, 0.717) is 27.8 Å². The van der Waals surface area contributed by atoms with Gasteiger partial charge >= 0.3 is 0 Å². The summed E-state index contributed by atoms with van der Waals surface area (Å²) in [6.45, 7) is 7.50. The van der Waals surface area contributed by atoms with Crippen molar-refractivity contribution in [2.75, 3.05) is 17.4 Å². The van der Waals surface area contributed by atoms with Crippen LogP contribution in [0.3, 0.4) is 0 Å². The van der Waals surface area contributed by atoms with Gasteiger partial charge in [0.1, 0.15) is 12.6 Å². The number of nitrogens with zero attached hydrogens (tertiary/aromatic N) is 2. The van der Waals surface area contributed by atoms with E-state index in [4.69, 9.17) is 23.2 Å². The number of carbonyl (C=O) groups is 2. The van der Waals surface area contributed by atoms with Crippen LogP contribution < -0.4 is 9.62 Å². The SMILES string of the molecule is CCCCNC(=O)[C@@H](C)N(Cc1cccc(Cl)c1)C(=O)CN(c1ccc(C)c(C)c1)S(=O)(=O)c1ccc(Cl)cc1. The molecule has 3 aromatic carbocycles. The lowest BCUT2D eigenvalue weighted by molar-refractivity contribution is -0.139. The second-order valence-corrected chi connectivity index (χ2v) is 12.4. The summed E-state index contributed by atoms with van der Waals surface area (Å²) in [5.41, 5.74) is 2.92. The molecule has 0 aliphatic carbocycles. The predicted octanol–water partition coefficient (Wildman–Crippen LogP) is 6.14. The number of amides is 2. The quantitative estimate of drug-likeness (QED) is 0.252. The van der Waals surface area contributed by atoms with E-state index < -0.39 is 28.5 Å². The summed E-state index contributed by atoms with van der Waals surface area (Å²) in [6, 6.07) is 17.2. The molecule has 0 spiro atoms. The highest BCUT2D eigenvalue weighted by molar-refractivity contribution is 7.92. The third kappa shape index (κ3) is 7.99. The van der Waals surface area contributed by atoms with Crippen LogP contribution in [0, 0.1) is 13.8 Å². The molecule has 1 N–H and O–H groups in total. The Morgan fingerprint density at radius 3 is 2.25 bits per heavy atom. The molecule has 3 rings (SSSR count). The van der Waals surface area contributed by atoms with Crippen molar-refractivity contribution in [3.05, 3.63) is 93.5 Å². The third-order valence-corrected chi connectivity index (χ3v) is 8.97. The van der Waals surface area contributed by atoms with E-state index in [1.54, 1.807) is 43.3 Å². The number of unbranched alkanes of at least 4 members (excludes halogenated alkanes) is 1. The number of hydrogen-bond acceptors (Lipinski definition) is 4. The predicted molar refractivity (Wildman–Crippen MR) is 161 cm³/mol. The van der Waals surface area contributed by atoms with Gasteiger partial charge in [-0.2, -0.15) is 0 Å². The molecule has 214 valence electrons. The maximum Gasteiger partial charge on any atom is 0.264 e. The molecule has 40 heavy (non-hydrogen) atoms. The van der Waals surface area contributed by atoms with Gasteiger partial charge in [-0.3, -0.25) is 13.9 Å². The van der Waals surface area contributed by atoms with Crippen LogP contribution in [-0.2, 0) is 26.2 Å². The van der Waals surface area contributed by atoms with Crippen LogP contribution in [0.1, 0.15) is 43.4 Å². The molecule has 0 saturated heterocycles. The maximum atomic E-state index is 14.0. The lowest BCUT2D eigenvalue weighted by atomic mass is 10.1. The first-order chi connectivity index (χ1) is 18.9. The first kappa shape index (κ1) is 31.5. The number of benzene rings is 3. The molecule has 3 aromatic rings. The first-order valence-electron chi connectivity index (χ1n) is 13.1. The Hall–Kier alpha value is -3.07. The van der Waals surface area contributed by atoms with Gasteiger partial charge in [0.15, 0.2) is 0 Å². The summed E-state index contributed by atoms with van der Waals surface area (Å²) in [7, 11) is -4.17. The Balaban J connectivity index is 2.03. The third-order valence-electron chi connectivity index (χ3n) is 6.70. The molecule has 0 heterocycles. The molecule has 0 aromatic heterocycles. The van der Waals surface area contributed by atoms with Crippen molar-refractivity contribution in [3.63, 3.8) is 0 Å². The van der Waals surface area contributed by atoms with Crippen molar-refractivity contribution in [2.24, 2.45) is 0 Å². The fourth-order valence-electron chi connectivity index (χ4n) is 4.09. The van der Waals surface area contributed by atoms with Gasteiger partial charge in [0.2, 0.25) is 11.8 Å². The summed E-state index contributed by atoms with van der Waals surface area (Å²) in [5.74, 6) is -0.851. The Morgan fingerprint density at radius 2 is 1.62 bits per heavy atom. The molecular formula is C30H35Cl2N3O4S. The Bertz CT molecular complexity index is 1450. The summed E-state index contributed by atoms with van der Waals surface area (Å²) < 4.78 is 28.9. The van der Waals surface area contributed by atoms with Crippen LogP contribution in [0.4, 0.5) is 5.69 Å². The van der Waals surface area contributed by atoms with Crippen LogP contribution in [0.25, 0.3) is 0 Å². The summed E-state index contributed by atoms with van der Waals surface area (Å²) in [4.78, 5) is 28.4. The number of rotatable bonds is 12. The summed E-state index contributed by atoms with van der Waals surface area (Å²) in [5, 5.41) is 3.76. The van der Waals surface area contributed by atoms with E-state index in [2.05, 4.69) is 5.32 Å². The van der Waals surface area contributed by atoms with E-state index in [1.165, 1.54) is 29.2 Å². The second kappa shape index (κ2) is 14.0. The smallest absolute Gasteiger partial charge is 0.264 e. The largest absolute Gasteiger partial charge is 0.354 e. The summed E-state index contributed by atoms with van der Waals surface area (Å²) >= 11 is 12.2. The van der Waals surface area contributed by atoms with Crippen molar-refractivity contribution in [1.82, 2.24) is 10.2 Å². The van der Waals surface area contributed by atoms with Crippen LogP contribution in [-0.4, -0.2) is 44.3 Å². The molecule has 1 atom stereocenters. The zero-order valence-corrected chi connectivity index (χ0v) is 25.5. The maximum absolute atomic E-state index is 14.0. The molecule has 0 unspecified atom stereocenters. The van der Waals surface area contributed by atoms with Gasteiger partial charge in [-0.1, -0.05) is 54.7 Å². The molecule has 0 aliphatic rings. The van der Waals surface area contributed by atoms with Gasteiger partial charge in [-0.15, -0.1) is 0 Å². The van der Waals surface area contributed by atoms with Crippen molar-refractivity contribution in [2.45, 2.75) is 58.0 Å². The Kier molecular flexibility index (Phi) is 11.0. The van der Waals surface area contributed by atoms with Crippen molar-refractivity contribution in [3.8, 4) is 0 Å². The standard InChI is InChI=1S/C30H35Cl2N3O4S/c1-5-6-16-33-30(37)23(4)34(19-24-8-7-9-26(32)18-24)29(36)20-35(27-13-10-21(2)22(3)17-27)40(38,39)28-14-11-25(31)12-15-28/h7-15,17-18,23H,5-6,16,19-20H2,1-4H3,(H,33,37)/t23-/m1/s1. The van der Waals surface area contributed by atoms with Crippen LogP contribution in [0.2, 0.25) is 10.0 Å². The minimum Gasteiger partial charge on any atom is -0.354 e. The van der Waals surface area contributed by atoms with Gasteiger partial charge in [-0.25, -0.2) is 8.42 Å². The van der Waals surface area contributed by atoms with E-state index in [-0.39, 0.29) is 17.3 Å². The van der Waals surface area contributed by atoms with E-state index in [9.17, 15) is 18.0 Å². The number of anilines is 1. The summed E-state index contributed by atoms with van der Waals surface area (Å²) in [6.07, 6.45) is 1.72. The molecule has 10 heteroatoms. The second-order valence-electron chi connectivity index (χ2n) is 9.71. The number of hydrogen-bond donors (Lipinski definition) is 1. The normalized spacial score (nSPS) is 12.1. The number of sulfonamides is 1. The highest BCUT2D eigenvalue weighted by Gasteiger charge is 2.32. The molecule has 0 radical (unpaired) electrons. The highest BCUT2D eigenvalue weighted by atomic mass is 35.5. The van der Waals surface area contributed by atoms with E-state index >= 15 is 0 Å². The zero-order valence-electron chi connectivity index (χ0n) is 23.2. The number of aryl methyl sites for hydroxylation is 2. The molecular weight excluding hydrogens is 569 g/mol. The fraction of sp³-hybridized carbons (Fsp3) is 0.333.